The molecule has 0 saturated carbocycles. The van der Waals surface area contributed by atoms with Crippen LogP contribution in [0.1, 0.15) is 43.4 Å². The van der Waals surface area contributed by atoms with Crippen LogP contribution in [0.2, 0.25) is 0 Å². The molecule has 0 bridgehead atoms. The van der Waals surface area contributed by atoms with E-state index in [4.69, 9.17) is 4.98 Å². The Morgan fingerprint density at radius 2 is 2.08 bits per heavy atom. The summed E-state index contributed by atoms with van der Waals surface area (Å²) in [5.74, 6) is 2.04. The fourth-order valence-electron chi connectivity index (χ4n) is 3.56. The highest BCUT2D eigenvalue weighted by Gasteiger charge is 2.21. The lowest BCUT2D eigenvalue weighted by Gasteiger charge is -2.27. The lowest BCUT2D eigenvalue weighted by Crippen LogP contribution is -2.33. The Hall–Kier alpha value is -2.01. The van der Waals surface area contributed by atoms with Crippen molar-refractivity contribution in [2.75, 3.05) is 25.0 Å². The number of anilines is 1. The van der Waals surface area contributed by atoms with Gasteiger partial charge in [0.2, 0.25) is 0 Å². The van der Waals surface area contributed by atoms with Crippen molar-refractivity contribution in [3.8, 4) is 0 Å². The standard InChI is InChI=1S/C20H29N5/c1-4-19-22-16(2)14-20(23-19)25-12-7-9-18(10-13-25)24(3)15-17-8-5-6-11-21-17/h5-6,8,11,14,18H,4,7,9-10,12-13,15H2,1-3H3/t18-/m1/s1. The zero-order valence-electron chi connectivity index (χ0n) is 15.6. The molecule has 1 atom stereocenters. The van der Waals surface area contributed by atoms with Gasteiger partial charge in [-0.2, -0.15) is 0 Å². The second-order valence-electron chi connectivity index (χ2n) is 6.95. The summed E-state index contributed by atoms with van der Waals surface area (Å²) in [6.45, 7) is 7.22. The number of aromatic nitrogens is 3. The Morgan fingerprint density at radius 1 is 1.20 bits per heavy atom. The molecule has 0 unspecified atom stereocenters. The van der Waals surface area contributed by atoms with E-state index in [1.807, 2.05) is 12.3 Å². The molecular weight excluding hydrogens is 310 g/mol. The zero-order chi connectivity index (χ0) is 17.6. The Balaban J connectivity index is 1.63. The Morgan fingerprint density at radius 3 is 2.84 bits per heavy atom. The number of pyridine rings is 1. The summed E-state index contributed by atoms with van der Waals surface area (Å²) in [5.41, 5.74) is 2.21. The number of hydrogen-bond acceptors (Lipinski definition) is 5. The molecule has 3 rings (SSSR count). The smallest absolute Gasteiger partial charge is 0.132 e. The molecule has 1 aliphatic heterocycles. The normalized spacial score (nSPS) is 18.4. The lowest BCUT2D eigenvalue weighted by molar-refractivity contribution is 0.215. The van der Waals surface area contributed by atoms with Crippen molar-refractivity contribution in [2.24, 2.45) is 0 Å². The Bertz CT molecular complexity index is 673. The molecule has 3 heterocycles. The molecule has 134 valence electrons. The van der Waals surface area contributed by atoms with Gasteiger partial charge in [-0.1, -0.05) is 13.0 Å². The van der Waals surface area contributed by atoms with E-state index in [1.54, 1.807) is 0 Å². The minimum Gasteiger partial charge on any atom is -0.356 e. The third kappa shape index (κ3) is 4.75. The highest BCUT2D eigenvalue weighted by Crippen LogP contribution is 2.21. The summed E-state index contributed by atoms with van der Waals surface area (Å²) in [7, 11) is 2.22. The van der Waals surface area contributed by atoms with Crippen LogP contribution >= 0.6 is 0 Å². The molecule has 0 spiro atoms. The van der Waals surface area contributed by atoms with Gasteiger partial charge in [-0.3, -0.25) is 9.88 Å². The van der Waals surface area contributed by atoms with Gasteiger partial charge in [0.1, 0.15) is 11.6 Å². The first-order valence-electron chi connectivity index (χ1n) is 9.35. The molecule has 0 aliphatic carbocycles. The van der Waals surface area contributed by atoms with Gasteiger partial charge in [0.15, 0.2) is 0 Å². The van der Waals surface area contributed by atoms with Crippen molar-refractivity contribution in [1.29, 1.82) is 0 Å². The van der Waals surface area contributed by atoms with Gasteiger partial charge in [0, 0.05) is 50.1 Å². The molecule has 0 radical (unpaired) electrons. The van der Waals surface area contributed by atoms with Gasteiger partial charge in [-0.15, -0.1) is 0 Å². The van der Waals surface area contributed by atoms with Crippen molar-refractivity contribution in [1.82, 2.24) is 19.9 Å². The van der Waals surface area contributed by atoms with Crippen LogP contribution in [-0.2, 0) is 13.0 Å². The lowest BCUT2D eigenvalue weighted by atomic mass is 10.1. The van der Waals surface area contributed by atoms with Crippen molar-refractivity contribution >= 4 is 5.82 Å². The third-order valence-corrected chi connectivity index (χ3v) is 4.99. The maximum absolute atomic E-state index is 4.75. The molecule has 1 fully saturated rings. The predicted molar refractivity (Wildman–Crippen MR) is 102 cm³/mol. The highest BCUT2D eigenvalue weighted by atomic mass is 15.2. The van der Waals surface area contributed by atoms with E-state index in [0.717, 1.165) is 55.5 Å². The average Bonchev–Trinajstić information content (AvgIpc) is 2.88. The predicted octanol–water partition coefficient (Wildman–Crippen LogP) is 3.23. The molecule has 0 aromatic carbocycles. The molecule has 5 nitrogen and oxygen atoms in total. The second-order valence-corrected chi connectivity index (χ2v) is 6.95. The van der Waals surface area contributed by atoms with Crippen molar-refractivity contribution < 1.29 is 0 Å². The molecule has 1 saturated heterocycles. The maximum atomic E-state index is 4.75. The van der Waals surface area contributed by atoms with E-state index < -0.39 is 0 Å². The number of rotatable bonds is 5. The van der Waals surface area contributed by atoms with Crippen LogP contribution in [-0.4, -0.2) is 46.0 Å². The van der Waals surface area contributed by atoms with Crippen LogP contribution in [0.25, 0.3) is 0 Å². The van der Waals surface area contributed by atoms with E-state index in [2.05, 4.69) is 58.9 Å². The SMILES string of the molecule is CCc1nc(C)cc(N2CCC[C@@H](N(C)Cc3ccccn3)CC2)n1. The molecule has 2 aromatic heterocycles. The quantitative estimate of drug-likeness (QED) is 0.837. The second kappa shape index (κ2) is 8.39. The summed E-state index contributed by atoms with van der Waals surface area (Å²) in [6, 6.07) is 8.86. The van der Waals surface area contributed by atoms with Gasteiger partial charge < -0.3 is 4.90 Å². The fourth-order valence-corrected chi connectivity index (χ4v) is 3.56. The monoisotopic (exact) mass is 339 g/mol. The average molecular weight is 339 g/mol. The van der Waals surface area contributed by atoms with Crippen LogP contribution < -0.4 is 4.90 Å². The Labute approximate surface area is 151 Å². The van der Waals surface area contributed by atoms with Gasteiger partial charge in [0.05, 0.1) is 5.69 Å². The first-order chi connectivity index (χ1) is 12.2. The summed E-state index contributed by atoms with van der Waals surface area (Å²) < 4.78 is 0. The van der Waals surface area contributed by atoms with E-state index in [0.29, 0.717) is 6.04 Å². The molecule has 1 aliphatic rings. The highest BCUT2D eigenvalue weighted by molar-refractivity contribution is 5.40. The Kier molecular flexibility index (Phi) is 5.97. The van der Waals surface area contributed by atoms with Crippen LogP contribution in [0.3, 0.4) is 0 Å². The number of aryl methyl sites for hydroxylation is 2. The van der Waals surface area contributed by atoms with Crippen LogP contribution in [0.5, 0.6) is 0 Å². The van der Waals surface area contributed by atoms with Gasteiger partial charge in [-0.05, 0) is 45.4 Å². The maximum Gasteiger partial charge on any atom is 0.132 e. The number of hydrogen-bond donors (Lipinski definition) is 0. The summed E-state index contributed by atoms with van der Waals surface area (Å²) in [6.07, 6.45) is 6.35. The van der Waals surface area contributed by atoms with Gasteiger partial charge in [0.25, 0.3) is 0 Å². The fraction of sp³-hybridized carbons (Fsp3) is 0.550. The molecule has 25 heavy (non-hydrogen) atoms. The first-order valence-corrected chi connectivity index (χ1v) is 9.35. The van der Waals surface area contributed by atoms with E-state index in [1.165, 1.54) is 12.8 Å². The number of nitrogens with zero attached hydrogens (tertiary/aromatic N) is 5. The van der Waals surface area contributed by atoms with E-state index in [-0.39, 0.29) is 0 Å². The first kappa shape index (κ1) is 17.8. The molecule has 5 heteroatoms. The molecule has 0 N–H and O–H groups in total. The summed E-state index contributed by atoms with van der Waals surface area (Å²) >= 11 is 0. The largest absolute Gasteiger partial charge is 0.356 e. The van der Waals surface area contributed by atoms with E-state index >= 15 is 0 Å². The van der Waals surface area contributed by atoms with E-state index in [9.17, 15) is 0 Å². The minimum atomic E-state index is 0.598. The van der Waals surface area contributed by atoms with Crippen LogP contribution in [0, 0.1) is 6.92 Å². The molecule has 0 amide bonds. The van der Waals surface area contributed by atoms with Crippen LogP contribution in [0.15, 0.2) is 30.5 Å². The summed E-state index contributed by atoms with van der Waals surface area (Å²) in [4.78, 5) is 18.6. The zero-order valence-corrected chi connectivity index (χ0v) is 15.6. The third-order valence-electron chi connectivity index (χ3n) is 4.99. The molecular formula is C20H29N5. The topological polar surface area (TPSA) is 45.2 Å². The molecule has 2 aromatic rings. The van der Waals surface area contributed by atoms with Gasteiger partial charge in [-0.25, -0.2) is 9.97 Å². The van der Waals surface area contributed by atoms with Crippen molar-refractivity contribution in [2.45, 2.75) is 52.1 Å². The minimum absolute atomic E-state index is 0.598. The van der Waals surface area contributed by atoms with Crippen LogP contribution in [0.4, 0.5) is 5.82 Å². The van der Waals surface area contributed by atoms with Crippen molar-refractivity contribution in [3.05, 3.63) is 47.7 Å². The summed E-state index contributed by atoms with van der Waals surface area (Å²) in [5, 5.41) is 0. The van der Waals surface area contributed by atoms with Crippen molar-refractivity contribution in [3.63, 3.8) is 0 Å². The van der Waals surface area contributed by atoms with Gasteiger partial charge >= 0.3 is 0 Å².